The monoisotopic (exact) mass is 498 g/mol. The van der Waals surface area contributed by atoms with E-state index in [0.717, 1.165) is 42.4 Å². The molecule has 12 heteroatoms. The summed E-state index contributed by atoms with van der Waals surface area (Å²) in [7, 11) is 1.93. The summed E-state index contributed by atoms with van der Waals surface area (Å²) in [5, 5.41) is 18.0. The maximum absolute atomic E-state index is 8.36. The molecule has 192 valence electrons. The highest BCUT2D eigenvalue weighted by atomic mass is 16.5. The van der Waals surface area contributed by atoms with Crippen LogP contribution in [0.5, 0.6) is 11.5 Å². The summed E-state index contributed by atoms with van der Waals surface area (Å²) in [6, 6.07) is 5.98. The molecule has 0 spiro atoms. The van der Waals surface area contributed by atoms with Gasteiger partial charge in [0.1, 0.15) is 12.4 Å². The minimum atomic E-state index is -0.250. The Morgan fingerprint density at radius 1 is 1.03 bits per heavy atom. The Morgan fingerprint density at radius 2 is 1.81 bits per heavy atom. The first-order valence-corrected chi connectivity index (χ1v) is 11.1. The highest BCUT2D eigenvalue weighted by molar-refractivity contribution is 5.61. The third kappa shape index (κ3) is 8.63. The zero-order valence-corrected chi connectivity index (χ0v) is 20.2. The molecule has 0 aliphatic carbocycles. The first-order valence-electron chi connectivity index (χ1n) is 11.1. The van der Waals surface area contributed by atoms with Crippen molar-refractivity contribution in [2.24, 2.45) is 7.05 Å². The summed E-state index contributed by atoms with van der Waals surface area (Å²) in [6.45, 7) is 4.13. The molecule has 4 rings (SSSR count). The van der Waals surface area contributed by atoms with Gasteiger partial charge >= 0.3 is 0 Å². The third-order valence-corrected chi connectivity index (χ3v) is 4.78. The van der Waals surface area contributed by atoms with Crippen LogP contribution in [0.2, 0.25) is 0 Å². The average molecular weight is 499 g/mol. The molecule has 0 saturated carbocycles. The second-order valence-corrected chi connectivity index (χ2v) is 7.17. The van der Waals surface area contributed by atoms with Gasteiger partial charge in [0, 0.05) is 50.1 Å². The SMILES string of the molecule is CCOc1cc(-c2nccn2CCc2cnn(C)c2)ccc1OCCn1ccnc1.O=CO.O=CO. The summed E-state index contributed by atoms with van der Waals surface area (Å²) >= 11 is 0. The lowest BCUT2D eigenvalue weighted by Gasteiger charge is -2.14. The molecular weight excluding hydrogens is 468 g/mol. The molecule has 0 aliphatic heterocycles. The van der Waals surface area contributed by atoms with Gasteiger partial charge in [-0.3, -0.25) is 14.3 Å². The summed E-state index contributed by atoms with van der Waals surface area (Å²) < 4.78 is 17.8. The minimum absolute atomic E-state index is 0.250. The number of ether oxygens (including phenoxy) is 2. The number of rotatable bonds is 10. The molecule has 3 aromatic heterocycles. The van der Waals surface area contributed by atoms with Crippen LogP contribution < -0.4 is 9.47 Å². The molecule has 0 amide bonds. The molecule has 0 radical (unpaired) electrons. The Hall–Kier alpha value is -4.61. The van der Waals surface area contributed by atoms with E-state index in [0.29, 0.717) is 13.2 Å². The van der Waals surface area contributed by atoms with E-state index in [1.54, 1.807) is 12.5 Å². The standard InChI is InChI=1S/C22H26N6O2.2CH2O2/c1-3-29-21-14-19(4-5-20(21)30-13-12-27-10-7-23-17-27)22-24-8-11-28(22)9-6-18-15-25-26(2)16-18;2*2-1-3/h4-5,7-8,10-11,14-17H,3,6,9,12-13H2,1-2H3;2*1H,(H,2,3). The molecule has 12 nitrogen and oxygen atoms in total. The molecule has 4 aromatic rings. The van der Waals surface area contributed by atoms with Crippen molar-refractivity contribution in [1.29, 1.82) is 0 Å². The quantitative estimate of drug-likeness (QED) is 0.315. The van der Waals surface area contributed by atoms with E-state index in [4.69, 9.17) is 29.3 Å². The Kier molecular flexibility index (Phi) is 11.8. The van der Waals surface area contributed by atoms with Crippen LogP contribution in [0.25, 0.3) is 11.4 Å². The number of aryl methyl sites for hydroxylation is 3. The molecule has 2 N–H and O–H groups in total. The van der Waals surface area contributed by atoms with Crippen LogP contribution in [0, 0.1) is 0 Å². The fourth-order valence-corrected chi connectivity index (χ4v) is 3.32. The normalized spacial score (nSPS) is 9.83. The van der Waals surface area contributed by atoms with Gasteiger partial charge in [-0.15, -0.1) is 0 Å². The lowest BCUT2D eigenvalue weighted by Crippen LogP contribution is -2.08. The molecular formula is C24H30N6O6. The number of carboxylic acid groups (broad SMARTS) is 2. The van der Waals surface area contributed by atoms with Crippen LogP contribution >= 0.6 is 0 Å². The molecule has 0 bridgehead atoms. The Bertz CT molecular complexity index is 1170. The van der Waals surface area contributed by atoms with Gasteiger partial charge in [0.15, 0.2) is 11.5 Å². The van der Waals surface area contributed by atoms with E-state index in [1.807, 2.05) is 72.4 Å². The van der Waals surface area contributed by atoms with Gasteiger partial charge in [0.2, 0.25) is 0 Å². The Morgan fingerprint density at radius 3 is 2.44 bits per heavy atom. The summed E-state index contributed by atoms with van der Waals surface area (Å²) in [6.07, 6.45) is 14.1. The van der Waals surface area contributed by atoms with Gasteiger partial charge in [-0.05, 0) is 37.1 Å². The van der Waals surface area contributed by atoms with Crippen molar-refractivity contribution >= 4 is 12.9 Å². The second-order valence-electron chi connectivity index (χ2n) is 7.17. The Labute approximate surface area is 208 Å². The smallest absolute Gasteiger partial charge is 0.290 e. The first-order chi connectivity index (χ1) is 17.6. The van der Waals surface area contributed by atoms with Gasteiger partial charge in [0.25, 0.3) is 12.9 Å². The van der Waals surface area contributed by atoms with E-state index >= 15 is 0 Å². The predicted molar refractivity (Wildman–Crippen MR) is 131 cm³/mol. The van der Waals surface area contributed by atoms with Crippen molar-refractivity contribution in [2.75, 3.05) is 13.2 Å². The number of imidazole rings is 2. The number of aromatic nitrogens is 6. The maximum atomic E-state index is 8.36. The van der Waals surface area contributed by atoms with Crippen molar-refractivity contribution in [2.45, 2.75) is 26.4 Å². The zero-order chi connectivity index (χ0) is 26.2. The van der Waals surface area contributed by atoms with Gasteiger partial charge in [-0.25, -0.2) is 9.97 Å². The van der Waals surface area contributed by atoms with Crippen molar-refractivity contribution < 1.29 is 29.3 Å². The fourth-order valence-electron chi connectivity index (χ4n) is 3.32. The Balaban J connectivity index is 0.000000693. The average Bonchev–Trinajstić information content (AvgIpc) is 3.62. The molecule has 3 heterocycles. The summed E-state index contributed by atoms with van der Waals surface area (Å²) in [4.78, 5) is 25.3. The van der Waals surface area contributed by atoms with E-state index in [-0.39, 0.29) is 12.9 Å². The van der Waals surface area contributed by atoms with E-state index in [2.05, 4.69) is 19.6 Å². The van der Waals surface area contributed by atoms with Crippen LogP contribution in [0.3, 0.4) is 0 Å². The van der Waals surface area contributed by atoms with Crippen LogP contribution in [0.1, 0.15) is 12.5 Å². The number of hydrogen-bond donors (Lipinski definition) is 2. The van der Waals surface area contributed by atoms with Crippen LogP contribution in [-0.4, -0.2) is 65.3 Å². The molecule has 0 aliphatic rings. The zero-order valence-electron chi connectivity index (χ0n) is 20.2. The lowest BCUT2D eigenvalue weighted by molar-refractivity contribution is -0.123. The van der Waals surface area contributed by atoms with Crippen LogP contribution in [0.15, 0.2) is 61.7 Å². The molecule has 1 aromatic carbocycles. The fraction of sp³-hybridized carbons (Fsp3) is 0.292. The number of carbonyl (C=O) groups is 2. The molecule has 0 fully saturated rings. The second kappa shape index (κ2) is 15.3. The maximum Gasteiger partial charge on any atom is 0.290 e. The van der Waals surface area contributed by atoms with Gasteiger partial charge in [-0.1, -0.05) is 0 Å². The van der Waals surface area contributed by atoms with Gasteiger partial charge in [-0.2, -0.15) is 5.10 Å². The van der Waals surface area contributed by atoms with E-state index in [1.165, 1.54) is 5.56 Å². The predicted octanol–water partition coefficient (Wildman–Crippen LogP) is 2.60. The molecule has 0 saturated heterocycles. The number of benzene rings is 1. The largest absolute Gasteiger partial charge is 0.490 e. The summed E-state index contributed by atoms with van der Waals surface area (Å²) in [5.74, 6) is 2.36. The van der Waals surface area contributed by atoms with Gasteiger partial charge < -0.3 is 28.8 Å². The highest BCUT2D eigenvalue weighted by Gasteiger charge is 2.12. The van der Waals surface area contributed by atoms with Gasteiger partial charge in [0.05, 0.1) is 25.7 Å². The lowest BCUT2D eigenvalue weighted by atomic mass is 10.1. The first kappa shape index (κ1) is 27.6. The minimum Gasteiger partial charge on any atom is -0.490 e. The third-order valence-electron chi connectivity index (χ3n) is 4.78. The number of hydrogen-bond acceptors (Lipinski definition) is 7. The van der Waals surface area contributed by atoms with Crippen molar-refractivity contribution in [3.63, 3.8) is 0 Å². The molecule has 36 heavy (non-hydrogen) atoms. The number of nitrogens with zero attached hydrogens (tertiary/aromatic N) is 6. The van der Waals surface area contributed by atoms with E-state index in [9.17, 15) is 0 Å². The van der Waals surface area contributed by atoms with Crippen LogP contribution in [-0.2, 0) is 36.1 Å². The van der Waals surface area contributed by atoms with Crippen molar-refractivity contribution in [3.05, 3.63) is 67.3 Å². The molecule has 0 atom stereocenters. The van der Waals surface area contributed by atoms with Crippen molar-refractivity contribution in [3.8, 4) is 22.9 Å². The van der Waals surface area contributed by atoms with Crippen molar-refractivity contribution in [1.82, 2.24) is 28.9 Å². The highest BCUT2D eigenvalue weighted by Crippen LogP contribution is 2.32. The summed E-state index contributed by atoms with van der Waals surface area (Å²) in [5.41, 5.74) is 2.20. The van der Waals surface area contributed by atoms with E-state index < -0.39 is 0 Å². The van der Waals surface area contributed by atoms with Crippen LogP contribution in [0.4, 0.5) is 0 Å². The topological polar surface area (TPSA) is 147 Å². The molecule has 0 unspecified atom stereocenters.